The Labute approximate surface area is 186 Å². The standard InChI is InChI=1S/C19H36N4O2S.HI/c1-5-25-16-13-15(19(16)9-7-6-8-10-19)22-18(20-11-12-26-4)21-14-17(24)23(2)3;/h15-16H,5-14H2,1-4H3,(H2,20,21,22);1H. The van der Waals surface area contributed by atoms with Gasteiger partial charge in [-0.3, -0.25) is 4.79 Å². The lowest BCUT2D eigenvalue weighted by Crippen LogP contribution is -2.66. The molecule has 0 aromatic rings. The summed E-state index contributed by atoms with van der Waals surface area (Å²) in [6.45, 7) is 3.89. The number of rotatable bonds is 8. The Kier molecular flexibility index (Phi) is 11.4. The molecule has 158 valence electrons. The van der Waals surface area contributed by atoms with Crippen molar-refractivity contribution in [2.75, 3.05) is 45.8 Å². The Hall–Kier alpha value is -0.220. The molecule has 0 aromatic heterocycles. The van der Waals surface area contributed by atoms with E-state index < -0.39 is 0 Å². The Morgan fingerprint density at radius 3 is 2.59 bits per heavy atom. The van der Waals surface area contributed by atoms with Crippen LogP contribution in [0, 0.1) is 5.41 Å². The topological polar surface area (TPSA) is 66.0 Å². The highest BCUT2D eigenvalue weighted by molar-refractivity contribution is 14.0. The normalized spacial score (nSPS) is 23.9. The average Bonchev–Trinajstić information content (AvgIpc) is 2.65. The van der Waals surface area contributed by atoms with E-state index in [9.17, 15) is 4.79 Å². The molecule has 2 aliphatic rings. The number of aliphatic imine (C=N–C) groups is 1. The molecule has 0 radical (unpaired) electrons. The summed E-state index contributed by atoms with van der Waals surface area (Å²) in [6, 6.07) is 0.384. The molecule has 2 rings (SSSR count). The molecule has 27 heavy (non-hydrogen) atoms. The fraction of sp³-hybridized carbons (Fsp3) is 0.895. The monoisotopic (exact) mass is 512 g/mol. The number of likely N-dealkylation sites (N-methyl/N-ethyl adjacent to an activating group) is 1. The summed E-state index contributed by atoms with van der Waals surface area (Å²) in [5.74, 6) is 1.79. The third kappa shape index (κ3) is 6.66. The van der Waals surface area contributed by atoms with Crippen LogP contribution in [0.3, 0.4) is 0 Å². The average molecular weight is 513 g/mol. The zero-order valence-corrected chi connectivity index (χ0v) is 20.4. The van der Waals surface area contributed by atoms with Crippen LogP contribution in [-0.4, -0.2) is 74.7 Å². The molecule has 2 N–H and O–H groups in total. The lowest BCUT2D eigenvalue weighted by molar-refractivity contribution is -0.145. The first-order valence-electron chi connectivity index (χ1n) is 9.89. The molecule has 2 saturated carbocycles. The summed E-state index contributed by atoms with van der Waals surface area (Å²) >= 11 is 1.80. The van der Waals surface area contributed by atoms with Crippen molar-refractivity contribution in [1.82, 2.24) is 15.5 Å². The smallest absolute Gasteiger partial charge is 0.243 e. The van der Waals surface area contributed by atoms with Crippen molar-refractivity contribution >= 4 is 47.6 Å². The number of nitrogens with zero attached hydrogens (tertiary/aromatic N) is 2. The van der Waals surface area contributed by atoms with Crippen molar-refractivity contribution in [3.05, 3.63) is 0 Å². The maximum Gasteiger partial charge on any atom is 0.243 e. The highest BCUT2D eigenvalue weighted by Crippen LogP contribution is 2.53. The number of carbonyl (C=O) groups excluding carboxylic acids is 1. The molecule has 2 unspecified atom stereocenters. The van der Waals surface area contributed by atoms with Crippen molar-refractivity contribution in [1.29, 1.82) is 0 Å². The molecule has 1 amide bonds. The van der Waals surface area contributed by atoms with Gasteiger partial charge in [-0.05, 0) is 32.4 Å². The predicted molar refractivity (Wildman–Crippen MR) is 125 cm³/mol. The van der Waals surface area contributed by atoms with E-state index in [1.807, 2.05) is 0 Å². The fourth-order valence-electron chi connectivity index (χ4n) is 4.14. The van der Waals surface area contributed by atoms with E-state index in [4.69, 9.17) is 4.74 Å². The minimum atomic E-state index is 0. The summed E-state index contributed by atoms with van der Waals surface area (Å²) in [4.78, 5) is 18.0. The molecule has 2 aliphatic carbocycles. The van der Waals surface area contributed by atoms with Gasteiger partial charge in [-0.1, -0.05) is 19.3 Å². The fourth-order valence-corrected chi connectivity index (χ4v) is 4.45. The van der Waals surface area contributed by atoms with Crippen LogP contribution in [0.15, 0.2) is 4.99 Å². The van der Waals surface area contributed by atoms with Gasteiger partial charge < -0.3 is 20.3 Å². The first kappa shape index (κ1) is 24.8. The van der Waals surface area contributed by atoms with Gasteiger partial charge in [0.15, 0.2) is 5.96 Å². The number of nitrogens with one attached hydrogen (secondary N) is 2. The number of hydrogen-bond acceptors (Lipinski definition) is 4. The zero-order valence-electron chi connectivity index (χ0n) is 17.3. The minimum Gasteiger partial charge on any atom is -0.378 e. The van der Waals surface area contributed by atoms with Crippen molar-refractivity contribution in [3.63, 3.8) is 0 Å². The molecule has 2 atom stereocenters. The summed E-state index contributed by atoms with van der Waals surface area (Å²) in [7, 11) is 3.53. The second kappa shape index (κ2) is 12.4. The molecular weight excluding hydrogens is 475 g/mol. The van der Waals surface area contributed by atoms with E-state index in [2.05, 4.69) is 28.8 Å². The van der Waals surface area contributed by atoms with E-state index in [1.165, 1.54) is 32.1 Å². The number of guanidine groups is 1. The number of halogens is 1. The maximum atomic E-state index is 11.9. The molecule has 0 saturated heterocycles. The Morgan fingerprint density at radius 2 is 2.00 bits per heavy atom. The number of amides is 1. The molecule has 6 nitrogen and oxygen atoms in total. The van der Waals surface area contributed by atoms with Gasteiger partial charge in [0, 0.05) is 44.5 Å². The van der Waals surface area contributed by atoms with Crippen LogP contribution in [-0.2, 0) is 9.53 Å². The van der Waals surface area contributed by atoms with Crippen molar-refractivity contribution in [2.45, 2.75) is 57.6 Å². The first-order chi connectivity index (χ1) is 12.5. The summed E-state index contributed by atoms with van der Waals surface area (Å²) in [5, 5.41) is 7.02. The number of thioether (sulfide) groups is 1. The summed E-state index contributed by atoms with van der Waals surface area (Å²) < 4.78 is 6.05. The van der Waals surface area contributed by atoms with E-state index in [1.54, 1.807) is 30.8 Å². The number of ether oxygens (including phenoxy) is 1. The van der Waals surface area contributed by atoms with Crippen LogP contribution in [0.1, 0.15) is 45.4 Å². The van der Waals surface area contributed by atoms with Crippen LogP contribution in [0.4, 0.5) is 0 Å². The molecule has 1 spiro atoms. The van der Waals surface area contributed by atoms with Gasteiger partial charge in [0.1, 0.15) is 6.54 Å². The van der Waals surface area contributed by atoms with Crippen LogP contribution >= 0.6 is 35.7 Å². The third-order valence-electron chi connectivity index (χ3n) is 5.72. The van der Waals surface area contributed by atoms with Gasteiger partial charge in [0.2, 0.25) is 5.91 Å². The molecular formula is C19H37IN4O2S. The largest absolute Gasteiger partial charge is 0.378 e. The van der Waals surface area contributed by atoms with E-state index in [0.29, 0.717) is 12.1 Å². The quantitative estimate of drug-likeness (QED) is 0.227. The molecule has 0 heterocycles. The molecule has 0 bridgehead atoms. The van der Waals surface area contributed by atoms with E-state index in [-0.39, 0.29) is 41.8 Å². The van der Waals surface area contributed by atoms with Gasteiger partial charge in [-0.15, -0.1) is 24.0 Å². The maximum absolute atomic E-state index is 11.9. The second-order valence-corrected chi connectivity index (χ2v) is 8.53. The van der Waals surface area contributed by atoms with Gasteiger partial charge in [0.25, 0.3) is 0 Å². The minimum absolute atomic E-state index is 0. The summed E-state index contributed by atoms with van der Waals surface area (Å²) in [5.41, 5.74) is 0.238. The van der Waals surface area contributed by atoms with E-state index >= 15 is 0 Å². The van der Waals surface area contributed by atoms with Crippen LogP contribution in [0.25, 0.3) is 0 Å². The van der Waals surface area contributed by atoms with Crippen molar-refractivity contribution in [2.24, 2.45) is 10.4 Å². The Bertz CT molecular complexity index is 484. The molecule has 0 aliphatic heterocycles. The lowest BCUT2D eigenvalue weighted by atomic mass is 9.55. The molecule has 2 fully saturated rings. The van der Waals surface area contributed by atoms with Crippen LogP contribution < -0.4 is 10.6 Å². The van der Waals surface area contributed by atoms with Gasteiger partial charge in [-0.25, -0.2) is 4.99 Å². The van der Waals surface area contributed by atoms with Gasteiger partial charge >= 0.3 is 0 Å². The molecule has 8 heteroatoms. The number of hydrogen-bond donors (Lipinski definition) is 2. The Morgan fingerprint density at radius 1 is 1.30 bits per heavy atom. The highest BCUT2D eigenvalue weighted by atomic mass is 127. The lowest BCUT2D eigenvalue weighted by Gasteiger charge is -2.58. The van der Waals surface area contributed by atoms with E-state index in [0.717, 1.165) is 31.3 Å². The van der Waals surface area contributed by atoms with Crippen LogP contribution in [0.2, 0.25) is 0 Å². The van der Waals surface area contributed by atoms with Gasteiger partial charge in [0.05, 0.1) is 6.10 Å². The predicted octanol–water partition coefficient (Wildman–Crippen LogP) is 2.72. The SMILES string of the molecule is CCOC1CC(NC(=NCC(=O)N(C)C)NCCSC)C12CCCCC2.I. The second-order valence-electron chi connectivity index (χ2n) is 7.54. The van der Waals surface area contributed by atoms with Crippen molar-refractivity contribution in [3.8, 4) is 0 Å². The third-order valence-corrected chi connectivity index (χ3v) is 6.33. The highest BCUT2D eigenvalue weighted by Gasteiger charge is 2.55. The first-order valence-corrected chi connectivity index (χ1v) is 11.3. The zero-order chi connectivity index (χ0) is 19.0. The number of carbonyl (C=O) groups is 1. The van der Waals surface area contributed by atoms with Gasteiger partial charge in [-0.2, -0.15) is 11.8 Å². The van der Waals surface area contributed by atoms with Crippen LogP contribution in [0.5, 0.6) is 0 Å². The van der Waals surface area contributed by atoms with Crippen molar-refractivity contribution < 1.29 is 9.53 Å². The summed E-state index contributed by atoms with van der Waals surface area (Å²) in [6.07, 6.45) is 9.84. The Balaban J connectivity index is 0.00000364. The molecule has 0 aromatic carbocycles.